The highest BCUT2D eigenvalue weighted by atomic mass is 32.2. The van der Waals surface area contributed by atoms with E-state index < -0.39 is 26.1 Å². The number of nitrogens with zero attached hydrogens (tertiary/aromatic N) is 2. The van der Waals surface area contributed by atoms with E-state index in [1.165, 1.54) is 24.3 Å². The topological polar surface area (TPSA) is 107 Å². The minimum Gasteiger partial charge on any atom is -0.392 e. The van der Waals surface area contributed by atoms with E-state index >= 15 is 0 Å². The van der Waals surface area contributed by atoms with Crippen molar-refractivity contribution in [3.05, 3.63) is 41.2 Å². The molecule has 1 amide bonds. The van der Waals surface area contributed by atoms with E-state index in [1.807, 2.05) is 0 Å². The van der Waals surface area contributed by atoms with E-state index in [0.717, 1.165) is 31.9 Å². The SMILES string of the molecule is O=C(Nc1ncc(F)s1)/C(=N/OC1CCCC1)c1ccc(S(=O)(=O)[C@H]2CCOC2)cc1. The molecule has 2 aliphatic rings. The minimum absolute atomic E-state index is 0.0318. The number of benzene rings is 1. The van der Waals surface area contributed by atoms with E-state index in [4.69, 9.17) is 9.57 Å². The Balaban J connectivity index is 1.57. The van der Waals surface area contributed by atoms with Crippen LogP contribution in [0.2, 0.25) is 0 Å². The predicted octanol–water partition coefficient (Wildman–Crippen LogP) is 3.15. The maximum absolute atomic E-state index is 13.2. The second-order valence-corrected chi connectivity index (χ2v) is 10.6. The standard InChI is InChI=1S/C20H22FN3O5S2/c21-17-11-22-20(30-17)23-19(25)18(24-29-14-3-1-2-4-14)13-5-7-15(8-6-13)31(26,27)16-9-10-28-12-16/h5-8,11,14,16H,1-4,9-10,12H2,(H,22,23,25)/b24-18+/t16-/m0/s1. The summed E-state index contributed by atoms with van der Waals surface area (Å²) < 4.78 is 43.9. The van der Waals surface area contributed by atoms with E-state index in [2.05, 4.69) is 15.5 Å². The number of halogens is 1. The first-order valence-corrected chi connectivity index (χ1v) is 12.4. The van der Waals surface area contributed by atoms with Crippen LogP contribution in [0, 0.1) is 5.13 Å². The summed E-state index contributed by atoms with van der Waals surface area (Å²) in [5, 5.41) is 5.57. The van der Waals surface area contributed by atoms with Crippen LogP contribution in [0.4, 0.5) is 9.52 Å². The lowest BCUT2D eigenvalue weighted by molar-refractivity contribution is -0.110. The van der Waals surface area contributed by atoms with Gasteiger partial charge in [-0.05, 0) is 44.2 Å². The average Bonchev–Trinajstić information content (AvgIpc) is 3.52. The summed E-state index contributed by atoms with van der Waals surface area (Å²) in [7, 11) is -3.52. The molecule has 1 aliphatic heterocycles. The highest BCUT2D eigenvalue weighted by molar-refractivity contribution is 7.92. The number of hydrogen-bond donors (Lipinski definition) is 1. The van der Waals surface area contributed by atoms with Crippen molar-refractivity contribution < 1.29 is 27.2 Å². The zero-order valence-electron chi connectivity index (χ0n) is 16.6. The largest absolute Gasteiger partial charge is 0.392 e. The predicted molar refractivity (Wildman–Crippen MR) is 113 cm³/mol. The third-order valence-corrected chi connectivity index (χ3v) is 8.17. The molecule has 1 saturated carbocycles. The van der Waals surface area contributed by atoms with Gasteiger partial charge in [-0.2, -0.15) is 4.39 Å². The van der Waals surface area contributed by atoms with Crippen molar-refractivity contribution in [2.45, 2.75) is 48.4 Å². The Morgan fingerprint density at radius 3 is 2.58 bits per heavy atom. The molecule has 166 valence electrons. The first-order chi connectivity index (χ1) is 14.9. The number of anilines is 1. The van der Waals surface area contributed by atoms with Crippen molar-refractivity contribution in [1.29, 1.82) is 0 Å². The van der Waals surface area contributed by atoms with Crippen molar-refractivity contribution in [2.75, 3.05) is 18.5 Å². The number of hydrogen-bond acceptors (Lipinski definition) is 8. The molecule has 11 heteroatoms. The van der Waals surface area contributed by atoms with Crippen LogP contribution in [0.3, 0.4) is 0 Å². The van der Waals surface area contributed by atoms with Gasteiger partial charge in [0.1, 0.15) is 6.10 Å². The van der Waals surface area contributed by atoms with Crippen molar-refractivity contribution in [1.82, 2.24) is 4.98 Å². The van der Waals surface area contributed by atoms with Crippen molar-refractivity contribution in [3.8, 4) is 0 Å². The number of rotatable bonds is 7. The summed E-state index contributed by atoms with van der Waals surface area (Å²) in [6, 6.07) is 5.93. The summed E-state index contributed by atoms with van der Waals surface area (Å²) in [5.74, 6) is -0.618. The van der Waals surface area contributed by atoms with Crippen molar-refractivity contribution in [2.24, 2.45) is 5.16 Å². The van der Waals surface area contributed by atoms with E-state index in [9.17, 15) is 17.6 Å². The number of oxime groups is 1. The Hall–Kier alpha value is -2.37. The highest BCUT2D eigenvalue weighted by Crippen LogP contribution is 2.24. The number of amides is 1. The number of nitrogens with one attached hydrogen (secondary N) is 1. The molecule has 31 heavy (non-hydrogen) atoms. The Morgan fingerprint density at radius 1 is 1.23 bits per heavy atom. The average molecular weight is 468 g/mol. The number of carbonyl (C=O) groups is 1. The summed E-state index contributed by atoms with van der Waals surface area (Å²) in [6.07, 6.45) is 5.20. The summed E-state index contributed by atoms with van der Waals surface area (Å²) in [4.78, 5) is 22.3. The summed E-state index contributed by atoms with van der Waals surface area (Å²) in [6.45, 7) is 0.605. The first-order valence-electron chi connectivity index (χ1n) is 10.0. The fourth-order valence-corrected chi connectivity index (χ4v) is 5.69. The molecule has 1 aliphatic carbocycles. The number of ether oxygens (including phenoxy) is 1. The number of carbonyl (C=O) groups excluding carboxylic acids is 1. The Labute approximate surface area is 183 Å². The number of sulfone groups is 1. The van der Waals surface area contributed by atoms with E-state index in [0.29, 0.717) is 29.9 Å². The van der Waals surface area contributed by atoms with Gasteiger partial charge in [-0.25, -0.2) is 13.4 Å². The van der Waals surface area contributed by atoms with Gasteiger partial charge in [0.2, 0.25) is 0 Å². The Bertz CT molecular complexity index is 1060. The number of thiazole rings is 1. The zero-order valence-corrected chi connectivity index (χ0v) is 18.3. The van der Waals surface area contributed by atoms with Gasteiger partial charge in [-0.1, -0.05) is 28.6 Å². The quantitative estimate of drug-likeness (QED) is 0.495. The van der Waals surface area contributed by atoms with Crippen molar-refractivity contribution in [3.63, 3.8) is 0 Å². The van der Waals surface area contributed by atoms with Crippen LogP contribution in [-0.2, 0) is 24.2 Å². The monoisotopic (exact) mass is 467 g/mol. The van der Waals surface area contributed by atoms with Gasteiger partial charge >= 0.3 is 0 Å². The lowest BCUT2D eigenvalue weighted by Crippen LogP contribution is -2.25. The first kappa shape index (κ1) is 21.8. The Morgan fingerprint density at radius 2 is 1.97 bits per heavy atom. The second-order valence-electron chi connectivity index (χ2n) is 7.43. The van der Waals surface area contributed by atoms with Crippen molar-refractivity contribution >= 4 is 37.9 Å². The fourth-order valence-electron chi connectivity index (χ4n) is 3.57. The zero-order chi connectivity index (χ0) is 21.8. The fraction of sp³-hybridized carbons (Fsp3) is 0.450. The van der Waals surface area contributed by atoms with Gasteiger partial charge in [0, 0.05) is 12.2 Å². The molecule has 1 aromatic heterocycles. The van der Waals surface area contributed by atoms with Crippen LogP contribution in [0.25, 0.3) is 0 Å². The molecule has 2 heterocycles. The smallest absolute Gasteiger partial charge is 0.280 e. The molecule has 1 atom stereocenters. The molecule has 1 saturated heterocycles. The van der Waals surface area contributed by atoms with Gasteiger partial charge in [0.05, 0.1) is 22.9 Å². The maximum atomic E-state index is 13.2. The normalized spacial score (nSPS) is 20.2. The molecule has 2 fully saturated rings. The lowest BCUT2D eigenvalue weighted by atomic mass is 10.1. The third-order valence-electron chi connectivity index (χ3n) is 5.29. The van der Waals surface area contributed by atoms with Crippen LogP contribution in [0.5, 0.6) is 0 Å². The molecular weight excluding hydrogens is 445 g/mol. The molecule has 4 rings (SSSR count). The van der Waals surface area contributed by atoms with Gasteiger partial charge in [-0.3, -0.25) is 10.1 Å². The summed E-state index contributed by atoms with van der Waals surface area (Å²) >= 11 is 0.695. The van der Waals surface area contributed by atoms with E-state index in [-0.39, 0.29) is 28.4 Å². The molecule has 8 nitrogen and oxygen atoms in total. The minimum atomic E-state index is -3.52. The maximum Gasteiger partial charge on any atom is 0.280 e. The lowest BCUT2D eigenvalue weighted by Gasteiger charge is -2.12. The molecule has 2 aromatic rings. The van der Waals surface area contributed by atoms with Crippen LogP contribution < -0.4 is 5.32 Å². The third kappa shape index (κ3) is 5.10. The molecule has 1 aromatic carbocycles. The van der Waals surface area contributed by atoms with Gasteiger partial charge in [-0.15, -0.1) is 0 Å². The molecule has 0 radical (unpaired) electrons. The molecule has 0 spiro atoms. The van der Waals surface area contributed by atoms with Crippen LogP contribution in [0.1, 0.15) is 37.7 Å². The molecular formula is C20H22FN3O5S2. The van der Waals surface area contributed by atoms with E-state index in [1.54, 1.807) is 0 Å². The summed E-state index contributed by atoms with van der Waals surface area (Å²) in [5.41, 5.74) is 0.352. The second kappa shape index (κ2) is 9.41. The van der Waals surface area contributed by atoms with Gasteiger partial charge < -0.3 is 9.57 Å². The van der Waals surface area contributed by atoms with Crippen LogP contribution >= 0.6 is 11.3 Å². The van der Waals surface area contributed by atoms with Crippen LogP contribution in [0.15, 0.2) is 40.5 Å². The highest BCUT2D eigenvalue weighted by Gasteiger charge is 2.31. The Kier molecular flexibility index (Phi) is 6.63. The van der Waals surface area contributed by atoms with Gasteiger partial charge in [0.25, 0.3) is 5.91 Å². The molecule has 0 bridgehead atoms. The number of aromatic nitrogens is 1. The molecule has 0 unspecified atom stereocenters. The molecule has 1 N–H and O–H groups in total. The van der Waals surface area contributed by atoms with Crippen LogP contribution in [-0.4, -0.2) is 49.6 Å². The van der Waals surface area contributed by atoms with Gasteiger partial charge in [0.15, 0.2) is 25.8 Å².